The molecule has 0 bridgehead atoms. The predicted octanol–water partition coefficient (Wildman–Crippen LogP) is 7.38. The first-order chi connectivity index (χ1) is 18.0. The van der Waals surface area contributed by atoms with Crippen molar-refractivity contribution in [3.8, 4) is 22.7 Å². The highest BCUT2D eigenvalue weighted by molar-refractivity contribution is 8.26. The Morgan fingerprint density at radius 3 is 2.62 bits per heavy atom. The lowest BCUT2D eigenvalue weighted by molar-refractivity contribution is -0.122. The molecule has 1 aliphatic heterocycles. The van der Waals surface area contributed by atoms with Gasteiger partial charge in [0.25, 0.3) is 5.91 Å². The Morgan fingerprint density at radius 1 is 1.05 bits per heavy atom. The highest BCUT2D eigenvalue weighted by Crippen LogP contribution is 2.35. The Balaban J connectivity index is 1.50. The number of para-hydroxylation sites is 1. The van der Waals surface area contributed by atoms with Crippen molar-refractivity contribution in [2.75, 3.05) is 6.54 Å². The van der Waals surface area contributed by atoms with Crippen LogP contribution in [0.4, 0.5) is 0 Å². The second-order valence-corrected chi connectivity index (χ2v) is 10.5. The molecule has 0 spiro atoms. The fourth-order valence-electron chi connectivity index (χ4n) is 4.00. The van der Waals surface area contributed by atoms with Gasteiger partial charge in [0.1, 0.15) is 22.4 Å². The van der Waals surface area contributed by atoms with Gasteiger partial charge >= 0.3 is 0 Å². The number of nitrogens with zero attached hydrogens (tertiary/aromatic N) is 3. The van der Waals surface area contributed by atoms with Crippen LogP contribution in [0.25, 0.3) is 23.0 Å². The smallest absolute Gasteiger partial charge is 0.266 e. The van der Waals surface area contributed by atoms with Gasteiger partial charge in [-0.1, -0.05) is 91.0 Å². The number of ether oxygens (including phenoxy) is 1. The number of halogens is 1. The van der Waals surface area contributed by atoms with Crippen LogP contribution in [0.5, 0.6) is 5.75 Å². The highest BCUT2D eigenvalue weighted by Gasteiger charge is 2.31. The van der Waals surface area contributed by atoms with E-state index in [1.54, 1.807) is 4.90 Å². The number of thiocarbonyl (C=S) groups is 1. The summed E-state index contributed by atoms with van der Waals surface area (Å²) in [6.07, 6.45) is 4.67. The number of carbonyl (C=O) groups excluding carboxylic acids is 1. The van der Waals surface area contributed by atoms with E-state index in [0.29, 0.717) is 33.1 Å². The molecule has 186 valence electrons. The van der Waals surface area contributed by atoms with Gasteiger partial charge in [0, 0.05) is 34.5 Å². The number of carbonyl (C=O) groups is 1. The van der Waals surface area contributed by atoms with Gasteiger partial charge in [-0.3, -0.25) is 9.69 Å². The molecule has 37 heavy (non-hydrogen) atoms. The lowest BCUT2D eigenvalue weighted by atomic mass is 10.1. The fourth-order valence-corrected chi connectivity index (χ4v) is 5.49. The van der Waals surface area contributed by atoms with E-state index in [1.165, 1.54) is 11.8 Å². The minimum absolute atomic E-state index is 0.0629. The number of thioether (sulfide) groups is 1. The molecule has 1 aliphatic rings. The Morgan fingerprint density at radius 2 is 1.84 bits per heavy atom. The van der Waals surface area contributed by atoms with E-state index < -0.39 is 0 Å². The van der Waals surface area contributed by atoms with E-state index in [2.05, 4.69) is 0 Å². The minimum atomic E-state index is -0.0629. The Kier molecular flexibility index (Phi) is 7.74. The molecule has 1 aromatic heterocycles. The summed E-state index contributed by atoms with van der Waals surface area (Å²) in [6.45, 7) is 3.00. The quantitative estimate of drug-likeness (QED) is 0.171. The average molecular weight is 546 g/mol. The molecule has 1 saturated heterocycles. The van der Waals surface area contributed by atoms with E-state index in [4.69, 9.17) is 33.7 Å². The highest BCUT2D eigenvalue weighted by atomic mass is 35.5. The average Bonchev–Trinajstić information content (AvgIpc) is 3.46. The van der Waals surface area contributed by atoms with Crippen molar-refractivity contribution in [3.05, 3.63) is 106 Å². The summed E-state index contributed by atoms with van der Waals surface area (Å²) in [6, 6.07) is 25.3. The lowest BCUT2D eigenvalue weighted by Gasteiger charge is -2.11. The molecule has 0 radical (unpaired) electrons. The molecule has 5 rings (SSSR count). The van der Waals surface area contributed by atoms with Gasteiger partial charge in [0.15, 0.2) is 0 Å². The second-order valence-electron chi connectivity index (χ2n) is 8.45. The van der Waals surface area contributed by atoms with E-state index in [-0.39, 0.29) is 5.91 Å². The number of rotatable bonds is 8. The standard InChI is InChI=1S/C29H24ClN3O2S2/c1-2-15-32-28(34)26(37-29(32)36)17-22-18-33(23-11-4-3-5-12-23)31-27(22)20-10-8-13-24(16-20)35-19-21-9-6-7-14-25(21)30/h3-14,16-18H,2,15,19H2,1H3/b26-17-. The Hall–Kier alpha value is -3.39. The summed E-state index contributed by atoms with van der Waals surface area (Å²) in [7, 11) is 0. The number of benzene rings is 3. The number of hydrogen-bond acceptors (Lipinski definition) is 5. The summed E-state index contributed by atoms with van der Waals surface area (Å²) < 4.78 is 8.47. The van der Waals surface area contributed by atoms with E-state index >= 15 is 0 Å². The maximum atomic E-state index is 13.0. The molecule has 2 heterocycles. The van der Waals surface area contributed by atoms with Crippen molar-refractivity contribution in [2.45, 2.75) is 20.0 Å². The van der Waals surface area contributed by atoms with Crippen LogP contribution in [0.1, 0.15) is 24.5 Å². The molecular formula is C29H24ClN3O2S2. The predicted molar refractivity (Wildman–Crippen MR) is 155 cm³/mol. The van der Waals surface area contributed by atoms with Crippen LogP contribution >= 0.6 is 35.6 Å². The molecular weight excluding hydrogens is 522 g/mol. The third-order valence-electron chi connectivity index (χ3n) is 5.83. The maximum absolute atomic E-state index is 13.0. The van der Waals surface area contributed by atoms with Gasteiger partial charge in [0.2, 0.25) is 0 Å². The van der Waals surface area contributed by atoms with Crippen LogP contribution in [0.3, 0.4) is 0 Å². The summed E-state index contributed by atoms with van der Waals surface area (Å²) in [5.41, 5.74) is 4.28. The molecule has 0 atom stereocenters. The summed E-state index contributed by atoms with van der Waals surface area (Å²) in [5, 5.41) is 5.56. The third-order valence-corrected chi connectivity index (χ3v) is 7.58. The van der Waals surface area contributed by atoms with Crippen LogP contribution in [-0.4, -0.2) is 31.5 Å². The van der Waals surface area contributed by atoms with Crippen molar-refractivity contribution in [1.82, 2.24) is 14.7 Å². The molecule has 3 aromatic carbocycles. The molecule has 5 nitrogen and oxygen atoms in total. The summed E-state index contributed by atoms with van der Waals surface area (Å²) >= 11 is 13.1. The van der Waals surface area contributed by atoms with Crippen molar-refractivity contribution in [3.63, 3.8) is 0 Å². The van der Waals surface area contributed by atoms with E-state index in [1.807, 2.05) is 103 Å². The SMILES string of the molecule is CCCN1C(=O)/C(=C/c2cn(-c3ccccc3)nc2-c2cccc(OCc3ccccc3Cl)c2)SC1=S. The third kappa shape index (κ3) is 5.64. The Labute approximate surface area is 230 Å². The van der Waals surface area contributed by atoms with Gasteiger partial charge in [-0.25, -0.2) is 4.68 Å². The second kappa shape index (κ2) is 11.3. The molecule has 0 unspecified atom stereocenters. The fraction of sp³-hybridized carbons (Fsp3) is 0.138. The normalized spacial score (nSPS) is 14.5. The van der Waals surface area contributed by atoms with Crippen molar-refractivity contribution in [2.24, 2.45) is 0 Å². The number of aromatic nitrogens is 2. The molecule has 4 aromatic rings. The first-order valence-electron chi connectivity index (χ1n) is 11.9. The number of amides is 1. The van der Waals surface area contributed by atoms with Crippen LogP contribution in [0, 0.1) is 0 Å². The van der Waals surface area contributed by atoms with E-state index in [9.17, 15) is 4.79 Å². The van der Waals surface area contributed by atoms with Gasteiger partial charge in [-0.15, -0.1) is 0 Å². The van der Waals surface area contributed by atoms with Gasteiger partial charge in [-0.2, -0.15) is 5.10 Å². The van der Waals surface area contributed by atoms with Crippen LogP contribution < -0.4 is 4.74 Å². The molecule has 8 heteroatoms. The largest absolute Gasteiger partial charge is 0.489 e. The van der Waals surface area contributed by atoms with Crippen LogP contribution in [0.15, 0.2) is 90.0 Å². The molecule has 0 saturated carbocycles. The number of hydrogen-bond donors (Lipinski definition) is 0. The summed E-state index contributed by atoms with van der Waals surface area (Å²) in [5.74, 6) is 0.638. The zero-order chi connectivity index (χ0) is 25.8. The zero-order valence-electron chi connectivity index (χ0n) is 20.1. The molecule has 1 fully saturated rings. The van der Waals surface area contributed by atoms with Crippen LogP contribution in [0.2, 0.25) is 5.02 Å². The van der Waals surface area contributed by atoms with E-state index in [0.717, 1.165) is 34.5 Å². The summed E-state index contributed by atoms with van der Waals surface area (Å²) in [4.78, 5) is 15.3. The first kappa shape index (κ1) is 25.3. The van der Waals surface area contributed by atoms with Crippen molar-refractivity contribution >= 4 is 51.9 Å². The van der Waals surface area contributed by atoms with Crippen molar-refractivity contribution in [1.29, 1.82) is 0 Å². The topological polar surface area (TPSA) is 47.4 Å². The Bertz CT molecular complexity index is 1480. The van der Waals surface area contributed by atoms with Crippen LogP contribution in [-0.2, 0) is 11.4 Å². The van der Waals surface area contributed by atoms with Gasteiger partial charge < -0.3 is 4.74 Å². The monoisotopic (exact) mass is 545 g/mol. The molecule has 1 amide bonds. The lowest BCUT2D eigenvalue weighted by Crippen LogP contribution is -2.28. The minimum Gasteiger partial charge on any atom is -0.489 e. The first-order valence-corrected chi connectivity index (χ1v) is 13.5. The zero-order valence-corrected chi connectivity index (χ0v) is 22.5. The molecule has 0 aliphatic carbocycles. The maximum Gasteiger partial charge on any atom is 0.266 e. The molecule has 0 N–H and O–H groups in total. The van der Waals surface area contributed by atoms with Gasteiger partial charge in [0.05, 0.1) is 10.6 Å². The van der Waals surface area contributed by atoms with Gasteiger partial charge in [-0.05, 0) is 42.8 Å². The van der Waals surface area contributed by atoms with Crippen molar-refractivity contribution < 1.29 is 9.53 Å².